The number of allylic oxidation sites excluding steroid dienone is 1. The van der Waals surface area contributed by atoms with E-state index in [2.05, 4.69) is 27.0 Å². The molecule has 4 heteroatoms. The summed E-state index contributed by atoms with van der Waals surface area (Å²) in [7, 11) is 0. The van der Waals surface area contributed by atoms with Crippen LogP contribution in [0.15, 0.2) is 28.7 Å². The zero-order valence-corrected chi connectivity index (χ0v) is 13.3. The smallest absolute Gasteiger partial charge is 0.134 e. The fourth-order valence-corrected chi connectivity index (χ4v) is 3.71. The van der Waals surface area contributed by atoms with Crippen molar-refractivity contribution in [1.82, 2.24) is 4.98 Å². The molecule has 0 atom stereocenters. The third kappa shape index (κ3) is 2.84. The minimum absolute atomic E-state index is 0.659. The van der Waals surface area contributed by atoms with E-state index in [-0.39, 0.29) is 0 Å². The molecule has 100 valence electrons. The third-order valence-electron chi connectivity index (χ3n) is 3.38. The Morgan fingerprint density at radius 2 is 2.00 bits per heavy atom. The van der Waals surface area contributed by atoms with Crippen LogP contribution in [-0.2, 0) is 12.8 Å². The maximum Gasteiger partial charge on any atom is 0.134 e. The quantitative estimate of drug-likeness (QED) is 0.730. The van der Waals surface area contributed by atoms with Crippen molar-refractivity contribution in [2.75, 3.05) is 0 Å². The van der Waals surface area contributed by atoms with E-state index in [1.54, 1.807) is 11.3 Å². The number of aryl methyl sites for hydroxylation is 2. The highest BCUT2D eigenvalue weighted by Crippen LogP contribution is 2.31. The Morgan fingerprint density at radius 1 is 1.25 bits per heavy atom. The van der Waals surface area contributed by atoms with Crippen molar-refractivity contribution in [3.8, 4) is 6.07 Å². The summed E-state index contributed by atoms with van der Waals surface area (Å²) in [4.78, 5) is 6.02. The Labute approximate surface area is 130 Å². The number of hydrogen-bond acceptors (Lipinski definition) is 3. The normalized spacial score (nSPS) is 14.7. The van der Waals surface area contributed by atoms with Gasteiger partial charge in [-0.1, -0.05) is 28.1 Å². The van der Waals surface area contributed by atoms with Crippen LogP contribution >= 0.6 is 27.3 Å². The predicted octanol–water partition coefficient (Wildman–Crippen LogP) is 4.85. The number of nitrogens with zero attached hydrogens (tertiary/aromatic N) is 2. The van der Waals surface area contributed by atoms with E-state index in [0.717, 1.165) is 27.9 Å². The summed E-state index contributed by atoms with van der Waals surface area (Å²) in [6, 6.07) is 10.2. The molecule has 0 radical (unpaired) electrons. The molecule has 0 aliphatic heterocycles. The van der Waals surface area contributed by atoms with Crippen LogP contribution in [-0.4, -0.2) is 4.98 Å². The summed E-state index contributed by atoms with van der Waals surface area (Å²) in [6.45, 7) is 0. The fourth-order valence-electron chi connectivity index (χ4n) is 2.33. The molecule has 0 amide bonds. The van der Waals surface area contributed by atoms with Crippen LogP contribution in [0.5, 0.6) is 0 Å². The fraction of sp³-hybridized carbons (Fsp3) is 0.250. The summed E-state index contributed by atoms with van der Waals surface area (Å²) in [6.07, 6.45) is 6.55. The van der Waals surface area contributed by atoms with Crippen molar-refractivity contribution in [2.45, 2.75) is 25.7 Å². The summed E-state index contributed by atoms with van der Waals surface area (Å²) in [5, 5.41) is 10.3. The van der Waals surface area contributed by atoms with E-state index in [1.165, 1.54) is 23.4 Å². The molecule has 0 spiro atoms. The maximum atomic E-state index is 9.40. The number of benzene rings is 1. The van der Waals surface area contributed by atoms with Gasteiger partial charge in [-0.3, -0.25) is 0 Å². The lowest BCUT2D eigenvalue weighted by atomic mass is 10.0. The molecular formula is C16H13BrN2S. The number of fused-ring (bicyclic) bond motifs is 1. The van der Waals surface area contributed by atoms with Gasteiger partial charge in [0.15, 0.2) is 0 Å². The van der Waals surface area contributed by atoms with E-state index in [9.17, 15) is 5.26 Å². The first-order chi connectivity index (χ1) is 9.76. The lowest BCUT2D eigenvalue weighted by Crippen LogP contribution is -1.99. The lowest BCUT2D eigenvalue weighted by Gasteiger charge is -2.06. The molecule has 1 heterocycles. The molecule has 0 fully saturated rings. The van der Waals surface area contributed by atoms with Gasteiger partial charge in [-0.25, -0.2) is 4.98 Å². The number of hydrogen-bond donors (Lipinski definition) is 0. The van der Waals surface area contributed by atoms with Gasteiger partial charge in [0.25, 0.3) is 0 Å². The highest BCUT2D eigenvalue weighted by molar-refractivity contribution is 9.10. The average molecular weight is 345 g/mol. The molecule has 0 saturated carbocycles. The number of aromatic nitrogens is 1. The maximum absolute atomic E-state index is 9.40. The second-order valence-electron chi connectivity index (χ2n) is 4.82. The van der Waals surface area contributed by atoms with E-state index >= 15 is 0 Å². The molecule has 1 aliphatic rings. The molecule has 2 nitrogen and oxygen atoms in total. The Kier molecular flexibility index (Phi) is 4.00. The van der Waals surface area contributed by atoms with Gasteiger partial charge in [0.2, 0.25) is 0 Å². The average Bonchev–Trinajstić information content (AvgIpc) is 2.90. The van der Waals surface area contributed by atoms with E-state index in [4.69, 9.17) is 0 Å². The summed E-state index contributed by atoms with van der Waals surface area (Å²) < 4.78 is 1.04. The van der Waals surface area contributed by atoms with E-state index < -0.39 is 0 Å². The second kappa shape index (κ2) is 5.90. The molecule has 2 aromatic rings. The third-order valence-corrected chi connectivity index (χ3v) is 5.10. The zero-order valence-electron chi connectivity index (χ0n) is 10.9. The molecule has 0 N–H and O–H groups in total. The van der Waals surface area contributed by atoms with Gasteiger partial charge in [0.1, 0.15) is 11.1 Å². The minimum atomic E-state index is 0.659. The molecule has 3 rings (SSSR count). The summed E-state index contributed by atoms with van der Waals surface area (Å²) >= 11 is 5.10. The van der Waals surface area contributed by atoms with Gasteiger partial charge in [-0.15, -0.1) is 11.3 Å². The van der Waals surface area contributed by atoms with Crippen molar-refractivity contribution in [1.29, 1.82) is 5.26 Å². The van der Waals surface area contributed by atoms with E-state index in [0.29, 0.717) is 5.57 Å². The van der Waals surface area contributed by atoms with Crippen molar-refractivity contribution >= 4 is 38.9 Å². The van der Waals surface area contributed by atoms with Crippen LogP contribution in [0.2, 0.25) is 0 Å². The first kappa shape index (κ1) is 13.5. The monoisotopic (exact) mass is 344 g/mol. The van der Waals surface area contributed by atoms with Crippen LogP contribution in [0, 0.1) is 11.3 Å². The van der Waals surface area contributed by atoms with Crippen LogP contribution in [0.4, 0.5) is 0 Å². The molecule has 20 heavy (non-hydrogen) atoms. The Balaban J connectivity index is 1.95. The SMILES string of the molecule is N#CC(=Cc1ccc(Br)cc1)c1nc2c(s1)CCCC2. The largest absolute Gasteiger partial charge is 0.240 e. The van der Waals surface area contributed by atoms with Gasteiger partial charge in [0, 0.05) is 9.35 Å². The van der Waals surface area contributed by atoms with Gasteiger partial charge >= 0.3 is 0 Å². The molecular weight excluding hydrogens is 332 g/mol. The lowest BCUT2D eigenvalue weighted by molar-refractivity contribution is 0.682. The molecule has 0 saturated heterocycles. The van der Waals surface area contributed by atoms with Gasteiger partial charge in [0.05, 0.1) is 11.3 Å². The second-order valence-corrected chi connectivity index (χ2v) is 6.82. The highest BCUT2D eigenvalue weighted by Gasteiger charge is 2.17. The van der Waals surface area contributed by atoms with E-state index in [1.807, 2.05) is 30.3 Å². The molecule has 1 aromatic heterocycles. The van der Waals surface area contributed by atoms with Crippen LogP contribution in [0.1, 0.15) is 34.0 Å². The first-order valence-corrected chi connectivity index (χ1v) is 8.23. The van der Waals surface area contributed by atoms with Gasteiger partial charge in [-0.2, -0.15) is 5.26 Å². The summed E-state index contributed by atoms with van der Waals surface area (Å²) in [5.41, 5.74) is 2.89. The number of thiazole rings is 1. The predicted molar refractivity (Wildman–Crippen MR) is 86.4 cm³/mol. The molecule has 0 bridgehead atoms. The van der Waals surface area contributed by atoms with Crippen molar-refractivity contribution in [2.24, 2.45) is 0 Å². The van der Waals surface area contributed by atoms with Crippen molar-refractivity contribution in [3.05, 3.63) is 49.9 Å². The van der Waals surface area contributed by atoms with Crippen molar-refractivity contribution < 1.29 is 0 Å². The molecule has 1 aliphatic carbocycles. The highest BCUT2D eigenvalue weighted by atomic mass is 79.9. The Bertz CT molecular complexity index is 669. The first-order valence-electron chi connectivity index (χ1n) is 6.62. The zero-order chi connectivity index (χ0) is 13.9. The van der Waals surface area contributed by atoms with Gasteiger partial charge < -0.3 is 0 Å². The molecule has 0 unspecified atom stereocenters. The number of halogens is 1. The number of rotatable bonds is 2. The van der Waals surface area contributed by atoms with Crippen LogP contribution in [0.3, 0.4) is 0 Å². The van der Waals surface area contributed by atoms with Crippen molar-refractivity contribution in [3.63, 3.8) is 0 Å². The standard InChI is InChI=1S/C16H13BrN2S/c17-13-7-5-11(6-8-13)9-12(10-18)16-19-14-3-1-2-4-15(14)20-16/h5-9H,1-4H2. The Hall–Kier alpha value is -1.44. The minimum Gasteiger partial charge on any atom is -0.240 e. The molecule has 1 aromatic carbocycles. The van der Waals surface area contributed by atoms with Crippen LogP contribution in [0.25, 0.3) is 11.6 Å². The topological polar surface area (TPSA) is 36.7 Å². The number of nitriles is 1. The van der Waals surface area contributed by atoms with Gasteiger partial charge in [-0.05, 0) is 49.5 Å². The Morgan fingerprint density at radius 3 is 2.70 bits per heavy atom. The summed E-state index contributed by atoms with van der Waals surface area (Å²) in [5.74, 6) is 0. The van der Waals surface area contributed by atoms with Crippen LogP contribution < -0.4 is 0 Å².